The molecule has 5 nitrogen and oxygen atoms in total. The van der Waals surface area contributed by atoms with Gasteiger partial charge in [0.2, 0.25) is 0 Å². The fourth-order valence-electron chi connectivity index (χ4n) is 1.64. The molecule has 0 aromatic heterocycles. The minimum atomic E-state index is -0.696. The summed E-state index contributed by atoms with van der Waals surface area (Å²) < 4.78 is 0. The number of carboxylic acid groups (broad SMARTS) is 1. The van der Waals surface area contributed by atoms with Gasteiger partial charge in [0, 0.05) is 13.1 Å². The molecule has 0 aromatic rings. The molecule has 1 rings (SSSR count). The van der Waals surface area contributed by atoms with Gasteiger partial charge >= 0.3 is 5.97 Å². The van der Waals surface area contributed by atoms with Crippen molar-refractivity contribution in [3.05, 3.63) is 0 Å². The van der Waals surface area contributed by atoms with Gasteiger partial charge < -0.3 is 14.8 Å². The summed E-state index contributed by atoms with van der Waals surface area (Å²) >= 11 is 0. The van der Waals surface area contributed by atoms with Gasteiger partial charge in [0.05, 0.1) is 12.5 Å². The molecule has 3 N–H and O–H groups in total. The Morgan fingerprint density at radius 1 is 1.53 bits per heavy atom. The number of halogens is 2. The van der Waals surface area contributed by atoms with Crippen molar-refractivity contribution in [1.82, 2.24) is 4.90 Å². The first-order valence-corrected chi connectivity index (χ1v) is 4.51. The molecule has 15 heavy (non-hydrogen) atoms. The van der Waals surface area contributed by atoms with Gasteiger partial charge in [0.15, 0.2) is 0 Å². The Morgan fingerprint density at radius 2 is 2.20 bits per heavy atom. The van der Waals surface area contributed by atoms with E-state index in [0.717, 1.165) is 25.9 Å². The summed E-state index contributed by atoms with van der Waals surface area (Å²) in [5.74, 6) is 3.99. The van der Waals surface area contributed by atoms with Crippen LogP contribution < -0.4 is 5.90 Å². The highest BCUT2D eigenvalue weighted by Gasteiger charge is 2.24. The summed E-state index contributed by atoms with van der Waals surface area (Å²) in [5, 5.41) is 8.80. The second kappa shape index (κ2) is 9.18. The largest absolute Gasteiger partial charge is 0.481 e. The molecule has 1 aliphatic rings. The molecule has 0 unspecified atom stereocenters. The Kier molecular flexibility index (Phi) is 10.6. The first-order chi connectivity index (χ1) is 6.24. The smallest absolute Gasteiger partial charge is 0.307 e. The van der Waals surface area contributed by atoms with E-state index in [-0.39, 0.29) is 30.7 Å². The van der Waals surface area contributed by atoms with Crippen LogP contribution in [0.5, 0.6) is 0 Å². The molecule has 0 radical (unpaired) electrons. The van der Waals surface area contributed by atoms with E-state index in [4.69, 9.17) is 11.0 Å². The van der Waals surface area contributed by atoms with Gasteiger partial charge in [-0.2, -0.15) is 0 Å². The van der Waals surface area contributed by atoms with Gasteiger partial charge in [0.1, 0.15) is 0 Å². The number of hydrogen-bond acceptors (Lipinski definition) is 4. The molecular formula is C8H18Cl2N2O3. The lowest BCUT2D eigenvalue weighted by atomic mass is 9.98. The van der Waals surface area contributed by atoms with Crippen molar-refractivity contribution in [2.24, 2.45) is 11.8 Å². The zero-order valence-corrected chi connectivity index (χ0v) is 10.1. The van der Waals surface area contributed by atoms with Crippen LogP contribution in [-0.2, 0) is 9.63 Å². The standard InChI is InChI=1S/C8H16N2O3.2ClH/c9-13-5-4-10-3-1-2-7(6-10)8(11)12;;/h7H,1-6,9H2,(H,11,12);2*1H/t7-;;/m1../s1. The quantitative estimate of drug-likeness (QED) is 0.721. The average Bonchev–Trinajstić information content (AvgIpc) is 2.15. The van der Waals surface area contributed by atoms with Crippen molar-refractivity contribution in [1.29, 1.82) is 0 Å². The number of nitrogens with zero attached hydrogens (tertiary/aromatic N) is 1. The SMILES string of the molecule is Cl.Cl.NOCCN1CCC[C@@H](C(=O)O)C1. The van der Waals surface area contributed by atoms with Crippen molar-refractivity contribution < 1.29 is 14.7 Å². The van der Waals surface area contributed by atoms with Crippen LogP contribution in [0.25, 0.3) is 0 Å². The fourth-order valence-corrected chi connectivity index (χ4v) is 1.64. The van der Waals surface area contributed by atoms with E-state index in [1.165, 1.54) is 0 Å². The lowest BCUT2D eigenvalue weighted by Gasteiger charge is -2.30. The van der Waals surface area contributed by atoms with E-state index < -0.39 is 5.97 Å². The van der Waals surface area contributed by atoms with Crippen LogP contribution in [0.2, 0.25) is 0 Å². The summed E-state index contributed by atoms with van der Waals surface area (Å²) in [4.78, 5) is 17.2. The maximum atomic E-state index is 10.7. The minimum absolute atomic E-state index is 0. The van der Waals surface area contributed by atoms with Gasteiger partial charge in [0.25, 0.3) is 0 Å². The fraction of sp³-hybridized carbons (Fsp3) is 0.875. The van der Waals surface area contributed by atoms with Crippen molar-refractivity contribution in [2.75, 3.05) is 26.2 Å². The third-order valence-electron chi connectivity index (χ3n) is 2.38. The second-order valence-corrected chi connectivity index (χ2v) is 3.35. The highest BCUT2D eigenvalue weighted by Crippen LogP contribution is 2.15. The van der Waals surface area contributed by atoms with E-state index in [9.17, 15) is 4.79 Å². The Balaban J connectivity index is 0. The van der Waals surface area contributed by atoms with Gasteiger partial charge in [-0.3, -0.25) is 4.79 Å². The van der Waals surface area contributed by atoms with Crippen LogP contribution in [0.15, 0.2) is 0 Å². The third kappa shape index (κ3) is 6.17. The Morgan fingerprint density at radius 3 is 2.73 bits per heavy atom. The third-order valence-corrected chi connectivity index (χ3v) is 2.38. The lowest BCUT2D eigenvalue weighted by molar-refractivity contribution is -0.143. The molecule has 7 heteroatoms. The first kappa shape index (κ1) is 17.3. The number of likely N-dealkylation sites (tertiary alicyclic amines) is 1. The van der Waals surface area contributed by atoms with Gasteiger partial charge in [-0.15, -0.1) is 24.8 Å². The number of carbonyl (C=O) groups is 1. The number of nitrogens with two attached hydrogens (primary N) is 1. The van der Waals surface area contributed by atoms with Crippen LogP contribution in [-0.4, -0.2) is 42.2 Å². The molecular weight excluding hydrogens is 243 g/mol. The van der Waals surface area contributed by atoms with Gasteiger partial charge in [-0.1, -0.05) is 0 Å². The Bertz CT molecular complexity index is 183. The lowest BCUT2D eigenvalue weighted by Crippen LogP contribution is -2.40. The summed E-state index contributed by atoms with van der Waals surface area (Å²) in [6, 6.07) is 0. The number of aliphatic carboxylic acids is 1. The van der Waals surface area contributed by atoms with Crippen molar-refractivity contribution in [2.45, 2.75) is 12.8 Å². The summed E-state index contributed by atoms with van der Waals surface area (Å²) in [7, 11) is 0. The zero-order valence-electron chi connectivity index (χ0n) is 8.42. The van der Waals surface area contributed by atoms with Crippen LogP contribution in [0.1, 0.15) is 12.8 Å². The van der Waals surface area contributed by atoms with E-state index in [0.29, 0.717) is 13.2 Å². The molecule has 1 heterocycles. The molecule has 92 valence electrons. The summed E-state index contributed by atoms with van der Waals surface area (Å²) in [5.41, 5.74) is 0. The minimum Gasteiger partial charge on any atom is -0.481 e. The Labute approximate surface area is 102 Å². The topological polar surface area (TPSA) is 75.8 Å². The van der Waals surface area contributed by atoms with E-state index in [1.807, 2.05) is 0 Å². The molecule has 0 aromatic carbocycles. The molecule has 1 aliphatic heterocycles. The van der Waals surface area contributed by atoms with E-state index in [1.54, 1.807) is 0 Å². The normalized spacial score (nSPS) is 21.3. The maximum absolute atomic E-state index is 10.7. The van der Waals surface area contributed by atoms with Gasteiger partial charge in [-0.05, 0) is 19.4 Å². The van der Waals surface area contributed by atoms with Crippen molar-refractivity contribution in [3.63, 3.8) is 0 Å². The predicted molar refractivity (Wildman–Crippen MR) is 61.4 cm³/mol. The molecule has 0 bridgehead atoms. The van der Waals surface area contributed by atoms with Gasteiger partial charge in [-0.25, -0.2) is 5.90 Å². The van der Waals surface area contributed by atoms with Crippen LogP contribution in [0.3, 0.4) is 0 Å². The highest BCUT2D eigenvalue weighted by atomic mass is 35.5. The van der Waals surface area contributed by atoms with E-state index >= 15 is 0 Å². The molecule has 0 aliphatic carbocycles. The predicted octanol–water partition coefficient (Wildman–Crippen LogP) is 0.517. The monoisotopic (exact) mass is 260 g/mol. The highest BCUT2D eigenvalue weighted by molar-refractivity contribution is 5.85. The molecule has 1 fully saturated rings. The van der Waals surface area contributed by atoms with E-state index in [2.05, 4.69) is 9.74 Å². The van der Waals surface area contributed by atoms with Crippen molar-refractivity contribution in [3.8, 4) is 0 Å². The maximum Gasteiger partial charge on any atom is 0.307 e. The Hall–Kier alpha value is -0.0700. The number of carboxylic acids is 1. The average molecular weight is 261 g/mol. The molecule has 1 saturated heterocycles. The second-order valence-electron chi connectivity index (χ2n) is 3.35. The van der Waals surface area contributed by atoms with Crippen molar-refractivity contribution >= 4 is 30.8 Å². The summed E-state index contributed by atoms with van der Waals surface area (Å²) in [6.07, 6.45) is 1.73. The zero-order chi connectivity index (χ0) is 9.68. The van der Waals surface area contributed by atoms with Crippen LogP contribution in [0.4, 0.5) is 0 Å². The van der Waals surface area contributed by atoms with Crippen LogP contribution >= 0.6 is 24.8 Å². The first-order valence-electron chi connectivity index (χ1n) is 4.51. The number of hydrogen-bond donors (Lipinski definition) is 2. The number of rotatable bonds is 4. The van der Waals surface area contributed by atoms with Crippen LogP contribution in [0, 0.1) is 5.92 Å². The molecule has 1 atom stereocenters. The molecule has 0 saturated carbocycles. The molecule has 0 amide bonds. The number of piperidine rings is 1. The summed E-state index contributed by atoms with van der Waals surface area (Å²) in [6.45, 7) is 2.76. The molecule has 0 spiro atoms.